The highest BCUT2D eigenvalue weighted by molar-refractivity contribution is 5.65. The second-order valence-electron chi connectivity index (χ2n) is 7.29. The molecule has 0 unspecified atom stereocenters. The Labute approximate surface area is 176 Å². The van der Waals surface area contributed by atoms with Crippen LogP contribution in [-0.2, 0) is 0 Å². The van der Waals surface area contributed by atoms with Crippen LogP contribution in [0.4, 0.5) is 11.4 Å². The molecular formula is C26H24N2O2. The van der Waals surface area contributed by atoms with Crippen molar-refractivity contribution in [2.24, 2.45) is 0 Å². The molecule has 0 aliphatic carbocycles. The third-order valence-corrected chi connectivity index (χ3v) is 5.00. The van der Waals surface area contributed by atoms with Gasteiger partial charge in [0.1, 0.15) is 23.0 Å². The van der Waals surface area contributed by atoms with Crippen molar-refractivity contribution >= 4 is 11.4 Å². The predicted octanol–water partition coefficient (Wildman–Crippen LogP) is 6.72. The predicted molar refractivity (Wildman–Crippen MR) is 123 cm³/mol. The summed E-state index contributed by atoms with van der Waals surface area (Å²) in [4.78, 5) is 0. The van der Waals surface area contributed by atoms with E-state index in [4.69, 9.17) is 20.9 Å². The topological polar surface area (TPSA) is 70.5 Å². The van der Waals surface area contributed by atoms with Crippen LogP contribution in [0.5, 0.6) is 23.0 Å². The summed E-state index contributed by atoms with van der Waals surface area (Å²) in [6.07, 6.45) is 0. The van der Waals surface area contributed by atoms with Gasteiger partial charge in [-0.05, 0) is 96.8 Å². The average molecular weight is 396 g/mol. The minimum absolute atomic E-state index is 0.761. The standard InChI is InChI=1S/C26H24N2O2/c1-17-15-23(11-13-25(17)27)29-21-7-3-19(4-8-21)20-5-9-22(10-6-20)30-24-12-14-26(28)18(2)16-24/h3-16H,27-28H2,1-2H3. The molecule has 4 N–H and O–H groups in total. The summed E-state index contributed by atoms with van der Waals surface area (Å²) >= 11 is 0. The molecule has 0 radical (unpaired) electrons. The summed E-state index contributed by atoms with van der Waals surface area (Å²) in [5.41, 5.74) is 17.5. The van der Waals surface area contributed by atoms with Gasteiger partial charge >= 0.3 is 0 Å². The molecule has 0 aromatic heterocycles. The van der Waals surface area contributed by atoms with Crippen LogP contribution in [0.25, 0.3) is 11.1 Å². The fourth-order valence-electron chi connectivity index (χ4n) is 3.13. The highest BCUT2D eigenvalue weighted by atomic mass is 16.5. The van der Waals surface area contributed by atoms with Crippen LogP contribution >= 0.6 is 0 Å². The molecule has 0 fully saturated rings. The third-order valence-electron chi connectivity index (χ3n) is 5.00. The maximum atomic E-state index is 5.92. The van der Waals surface area contributed by atoms with Gasteiger partial charge in [0.05, 0.1) is 0 Å². The van der Waals surface area contributed by atoms with Gasteiger partial charge in [-0.3, -0.25) is 0 Å². The highest BCUT2D eigenvalue weighted by Gasteiger charge is 2.04. The van der Waals surface area contributed by atoms with Crippen LogP contribution in [0.1, 0.15) is 11.1 Å². The van der Waals surface area contributed by atoms with Gasteiger partial charge in [-0.1, -0.05) is 24.3 Å². The molecule has 0 heterocycles. The van der Waals surface area contributed by atoms with E-state index in [1.807, 2.05) is 98.8 Å². The number of hydrogen-bond donors (Lipinski definition) is 2. The Bertz CT molecular complexity index is 1070. The summed E-state index contributed by atoms with van der Waals surface area (Å²) in [5.74, 6) is 3.10. The van der Waals surface area contributed by atoms with E-state index in [9.17, 15) is 0 Å². The van der Waals surface area contributed by atoms with Gasteiger partial charge in [0.2, 0.25) is 0 Å². The Kier molecular flexibility index (Phi) is 5.31. The normalized spacial score (nSPS) is 10.6. The Morgan fingerprint density at radius 3 is 1.13 bits per heavy atom. The van der Waals surface area contributed by atoms with E-state index in [0.717, 1.165) is 56.6 Å². The monoisotopic (exact) mass is 396 g/mol. The lowest BCUT2D eigenvalue weighted by molar-refractivity contribution is 0.482. The van der Waals surface area contributed by atoms with E-state index < -0.39 is 0 Å². The second-order valence-corrected chi connectivity index (χ2v) is 7.29. The van der Waals surface area contributed by atoms with Crippen molar-refractivity contribution in [3.05, 3.63) is 96.1 Å². The van der Waals surface area contributed by atoms with Crippen LogP contribution in [0, 0.1) is 13.8 Å². The SMILES string of the molecule is Cc1cc(Oc2ccc(-c3ccc(Oc4ccc(N)c(C)c4)cc3)cc2)ccc1N. The maximum Gasteiger partial charge on any atom is 0.127 e. The van der Waals surface area contributed by atoms with Crippen molar-refractivity contribution in [1.82, 2.24) is 0 Å². The summed E-state index contributed by atoms with van der Waals surface area (Å²) in [6.45, 7) is 3.93. The quantitative estimate of drug-likeness (QED) is 0.367. The van der Waals surface area contributed by atoms with E-state index in [0.29, 0.717) is 0 Å². The lowest BCUT2D eigenvalue weighted by atomic mass is 10.1. The van der Waals surface area contributed by atoms with Crippen LogP contribution in [0.15, 0.2) is 84.9 Å². The molecule has 0 amide bonds. The van der Waals surface area contributed by atoms with Gasteiger partial charge < -0.3 is 20.9 Å². The van der Waals surface area contributed by atoms with E-state index in [1.54, 1.807) is 0 Å². The zero-order chi connectivity index (χ0) is 21.1. The van der Waals surface area contributed by atoms with Gasteiger partial charge in [-0.2, -0.15) is 0 Å². The van der Waals surface area contributed by atoms with Gasteiger partial charge in [0.25, 0.3) is 0 Å². The van der Waals surface area contributed by atoms with Gasteiger partial charge in [0.15, 0.2) is 0 Å². The molecule has 4 aromatic rings. The number of aryl methyl sites for hydroxylation is 2. The number of hydrogen-bond acceptors (Lipinski definition) is 4. The zero-order valence-corrected chi connectivity index (χ0v) is 17.1. The number of benzene rings is 4. The van der Waals surface area contributed by atoms with Gasteiger partial charge in [-0.25, -0.2) is 0 Å². The van der Waals surface area contributed by atoms with Crippen molar-refractivity contribution < 1.29 is 9.47 Å². The number of nitrogen functional groups attached to an aromatic ring is 2. The molecule has 4 rings (SSSR count). The molecule has 4 nitrogen and oxygen atoms in total. The van der Waals surface area contributed by atoms with Crippen LogP contribution in [0.3, 0.4) is 0 Å². The van der Waals surface area contributed by atoms with Crippen LogP contribution in [0.2, 0.25) is 0 Å². The molecule has 0 saturated heterocycles. The van der Waals surface area contributed by atoms with Crippen molar-refractivity contribution in [2.75, 3.05) is 11.5 Å². The fourth-order valence-corrected chi connectivity index (χ4v) is 3.13. The first-order valence-electron chi connectivity index (χ1n) is 9.76. The van der Waals surface area contributed by atoms with Gasteiger partial charge in [0, 0.05) is 11.4 Å². The molecule has 0 saturated carbocycles. The number of ether oxygens (including phenoxy) is 2. The lowest BCUT2D eigenvalue weighted by Gasteiger charge is -2.10. The molecule has 0 aliphatic heterocycles. The summed E-state index contributed by atoms with van der Waals surface area (Å²) in [7, 11) is 0. The van der Waals surface area contributed by atoms with E-state index in [-0.39, 0.29) is 0 Å². The van der Waals surface area contributed by atoms with Gasteiger partial charge in [-0.15, -0.1) is 0 Å². The molecule has 4 aromatic carbocycles. The minimum Gasteiger partial charge on any atom is -0.457 e. The van der Waals surface area contributed by atoms with Crippen molar-refractivity contribution in [1.29, 1.82) is 0 Å². The summed E-state index contributed by atoms with van der Waals surface area (Å²) in [6, 6.07) is 27.3. The van der Waals surface area contributed by atoms with E-state index in [1.165, 1.54) is 0 Å². The maximum absolute atomic E-state index is 5.92. The molecule has 150 valence electrons. The first-order valence-corrected chi connectivity index (χ1v) is 9.76. The molecule has 0 spiro atoms. The lowest BCUT2D eigenvalue weighted by Crippen LogP contribution is -1.91. The smallest absolute Gasteiger partial charge is 0.127 e. The minimum atomic E-state index is 0.761. The van der Waals surface area contributed by atoms with E-state index in [2.05, 4.69) is 0 Å². The van der Waals surface area contributed by atoms with Crippen molar-refractivity contribution in [3.8, 4) is 34.1 Å². The molecule has 0 bridgehead atoms. The highest BCUT2D eigenvalue weighted by Crippen LogP contribution is 2.30. The Balaban J connectivity index is 1.44. The summed E-state index contributed by atoms with van der Waals surface area (Å²) < 4.78 is 11.8. The first-order chi connectivity index (χ1) is 14.5. The number of anilines is 2. The largest absolute Gasteiger partial charge is 0.457 e. The average Bonchev–Trinajstić information content (AvgIpc) is 2.75. The van der Waals surface area contributed by atoms with Crippen molar-refractivity contribution in [2.45, 2.75) is 13.8 Å². The Morgan fingerprint density at radius 1 is 0.467 bits per heavy atom. The summed E-state index contributed by atoms with van der Waals surface area (Å²) in [5, 5.41) is 0. The third kappa shape index (κ3) is 4.39. The molecule has 4 heteroatoms. The van der Waals surface area contributed by atoms with Crippen LogP contribution < -0.4 is 20.9 Å². The molecular weight excluding hydrogens is 372 g/mol. The van der Waals surface area contributed by atoms with E-state index >= 15 is 0 Å². The first kappa shape index (κ1) is 19.4. The van der Waals surface area contributed by atoms with Crippen molar-refractivity contribution in [3.63, 3.8) is 0 Å². The number of rotatable bonds is 5. The Hall–Kier alpha value is -3.92. The van der Waals surface area contributed by atoms with Crippen LogP contribution in [-0.4, -0.2) is 0 Å². The molecule has 0 atom stereocenters. The molecule has 0 aliphatic rings. The molecule has 30 heavy (non-hydrogen) atoms. The number of nitrogens with two attached hydrogens (primary N) is 2. The second kappa shape index (κ2) is 8.21. The zero-order valence-electron chi connectivity index (χ0n) is 17.1. The fraction of sp³-hybridized carbons (Fsp3) is 0.0769. The Morgan fingerprint density at radius 2 is 0.800 bits per heavy atom.